The van der Waals surface area contributed by atoms with Gasteiger partial charge in [-0.2, -0.15) is 13.2 Å². The van der Waals surface area contributed by atoms with Gasteiger partial charge in [0.15, 0.2) is 6.61 Å². The Hall–Kier alpha value is -2.92. The lowest BCUT2D eigenvalue weighted by Gasteiger charge is -2.09. The van der Waals surface area contributed by atoms with Crippen molar-refractivity contribution in [2.45, 2.75) is 23.9 Å². The zero-order valence-electron chi connectivity index (χ0n) is 15.8. The van der Waals surface area contributed by atoms with E-state index < -0.39 is 40.2 Å². The maximum atomic E-state index is 12.5. The van der Waals surface area contributed by atoms with Crippen molar-refractivity contribution < 1.29 is 35.9 Å². The maximum absolute atomic E-state index is 12.5. The van der Waals surface area contributed by atoms with Crippen LogP contribution in [0, 0.1) is 0 Å². The van der Waals surface area contributed by atoms with Gasteiger partial charge in [-0.15, -0.1) is 0 Å². The number of rotatable bonds is 8. The van der Waals surface area contributed by atoms with E-state index in [2.05, 4.69) is 10.0 Å². The number of hydrogen-bond donors (Lipinski definition) is 2. The summed E-state index contributed by atoms with van der Waals surface area (Å²) >= 11 is 0. The minimum absolute atomic E-state index is 0.0360. The molecule has 2 aromatic rings. The first-order valence-electron chi connectivity index (χ1n) is 8.66. The molecule has 2 N–H and O–H groups in total. The van der Waals surface area contributed by atoms with E-state index >= 15 is 0 Å². The predicted molar refractivity (Wildman–Crippen MR) is 102 cm³/mol. The number of carbonyl (C=O) groups excluding carboxylic acids is 2. The van der Waals surface area contributed by atoms with E-state index in [0.717, 1.165) is 24.3 Å². The summed E-state index contributed by atoms with van der Waals surface area (Å²) in [5.74, 6) is -1.34. The molecule has 2 aromatic carbocycles. The molecule has 0 aliphatic carbocycles. The minimum Gasteiger partial charge on any atom is -0.456 e. The van der Waals surface area contributed by atoms with Crippen molar-refractivity contribution in [3.05, 3.63) is 59.7 Å². The zero-order chi connectivity index (χ0) is 22.4. The van der Waals surface area contributed by atoms with Gasteiger partial charge in [0, 0.05) is 12.1 Å². The van der Waals surface area contributed by atoms with E-state index in [1.54, 1.807) is 12.1 Å². The number of hydrogen-bond acceptors (Lipinski definition) is 5. The predicted octanol–water partition coefficient (Wildman–Crippen LogP) is 2.73. The molecule has 7 nitrogen and oxygen atoms in total. The normalized spacial score (nSPS) is 11.7. The van der Waals surface area contributed by atoms with Crippen molar-refractivity contribution in [1.82, 2.24) is 4.72 Å². The van der Waals surface area contributed by atoms with Crippen LogP contribution in [-0.2, 0) is 36.9 Å². The molecule has 0 saturated heterocycles. The van der Waals surface area contributed by atoms with Gasteiger partial charge in [0.2, 0.25) is 10.0 Å². The Kier molecular flexibility index (Phi) is 7.57. The average Bonchev–Trinajstić information content (AvgIpc) is 2.70. The molecule has 0 atom stereocenters. The topological polar surface area (TPSA) is 102 Å². The van der Waals surface area contributed by atoms with Crippen LogP contribution in [0.1, 0.15) is 17.5 Å². The van der Waals surface area contributed by atoms with Crippen molar-refractivity contribution >= 4 is 27.6 Å². The Morgan fingerprint density at radius 1 is 1.00 bits per heavy atom. The van der Waals surface area contributed by atoms with Crippen LogP contribution in [0.2, 0.25) is 0 Å². The molecule has 162 valence electrons. The minimum atomic E-state index is -4.47. The van der Waals surface area contributed by atoms with Crippen LogP contribution in [0.4, 0.5) is 18.9 Å². The van der Waals surface area contributed by atoms with Gasteiger partial charge in [-0.25, -0.2) is 13.1 Å². The van der Waals surface area contributed by atoms with Gasteiger partial charge >= 0.3 is 12.1 Å². The maximum Gasteiger partial charge on any atom is 0.416 e. The van der Waals surface area contributed by atoms with Gasteiger partial charge in [-0.1, -0.05) is 12.1 Å². The fraction of sp³-hybridized carbons (Fsp3) is 0.263. The molecule has 0 bridgehead atoms. The smallest absolute Gasteiger partial charge is 0.416 e. The summed E-state index contributed by atoms with van der Waals surface area (Å²) in [6, 6.07) is 9.79. The van der Waals surface area contributed by atoms with Crippen molar-refractivity contribution in [3.8, 4) is 0 Å². The van der Waals surface area contributed by atoms with Crippen molar-refractivity contribution in [2.24, 2.45) is 0 Å². The highest BCUT2D eigenvalue weighted by molar-refractivity contribution is 7.89. The molecule has 0 aromatic heterocycles. The molecule has 0 aliphatic rings. The summed E-state index contributed by atoms with van der Waals surface area (Å²) < 4.78 is 67.8. The molecular formula is C19H19F3N2O5S. The van der Waals surface area contributed by atoms with E-state index in [4.69, 9.17) is 4.74 Å². The third kappa shape index (κ3) is 6.85. The first-order valence-corrected chi connectivity index (χ1v) is 10.1. The lowest BCUT2D eigenvalue weighted by atomic mass is 10.1. The molecule has 30 heavy (non-hydrogen) atoms. The number of benzene rings is 2. The molecule has 2 rings (SSSR count). The number of anilines is 1. The van der Waals surface area contributed by atoms with Crippen molar-refractivity contribution in [2.75, 3.05) is 19.0 Å². The number of carbonyl (C=O) groups is 2. The van der Waals surface area contributed by atoms with E-state index in [-0.39, 0.29) is 23.4 Å². The second kappa shape index (κ2) is 9.72. The van der Waals surface area contributed by atoms with Crippen LogP contribution in [0.15, 0.2) is 53.4 Å². The second-order valence-electron chi connectivity index (χ2n) is 6.14. The molecule has 0 fully saturated rings. The first kappa shape index (κ1) is 23.4. The van der Waals surface area contributed by atoms with Crippen molar-refractivity contribution in [3.63, 3.8) is 0 Å². The molecule has 0 heterocycles. The van der Waals surface area contributed by atoms with E-state index in [1.807, 2.05) is 0 Å². The second-order valence-corrected chi connectivity index (χ2v) is 8.02. The number of sulfonamides is 1. The average molecular weight is 444 g/mol. The molecule has 0 unspecified atom stereocenters. The van der Waals surface area contributed by atoms with Gasteiger partial charge < -0.3 is 10.1 Å². The standard InChI is InChI=1S/C19H19F3N2O5S/c1-23-30(27,28)16-9-2-13(3-10-16)4-11-18(26)29-12-17(25)24-15-7-5-14(6-8-15)19(20,21)22/h2-3,5-10,23H,4,11-12H2,1H3,(H,24,25). The lowest BCUT2D eigenvalue weighted by Crippen LogP contribution is -2.21. The molecule has 0 saturated carbocycles. The third-order valence-electron chi connectivity index (χ3n) is 3.98. The largest absolute Gasteiger partial charge is 0.456 e. The highest BCUT2D eigenvalue weighted by Gasteiger charge is 2.30. The van der Waals surface area contributed by atoms with Crippen LogP contribution in [0.5, 0.6) is 0 Å². The van der Waals surface area contributed by atoms with Gasteiger partial charge in [0.1, 0.15) is 0 Å². The van der Waals surface area contributed by atoms with E-state index in [1.165, 1.54) is 19.2 Å². The fourth-order valence-corrected chi connectivity index (χ4v) is 3.09. The van der Waals surface area contributed by atoms with Gasteiger partial charge in [0.25, 0.3) is 5.91 Å². The summed E-state index contributed by atoms with van der Waals surface area (Å²) in [6.07, 6.45) is -4.23. The quantitative estimate of drug-likeness (QED) is 0.610. The summed E-state index contributed by atoms with van der Waals surface area (Å²) in [7, 11) is -2.24. The summed E-state index contributed by atoms with van der Waals surface area (Å²) in [4.78, 5) is 23.6. The third-order valence-corrected chi connectivity index (χ3v) is 5.41. The first-order chi connectivity index (χ1) is 14.0. The Morgan fingerprint density at radius 2 is 1.60 bits per heavy atom. The SMILES string of the molecule is CNS(=O)(=O)c1ccc(CCC(=O)OCC(=O)Nc2ccc(C(F)(F)F)cc2)cc1. The molecule has 11 heteroatoms. The van der Waals surface area contributed by atoms with Gasteiger partial charge in [-0.05, 0) is 55.4 Å². The molecule has 0 spiro atoms. The lowest BCUT2D eigenvalue weighted by molar-refractivity contribution is -0.147. The molecule has 1 amide bonds. The number of esters is 1. The Morgan fingerprint density at radius 3 is 2.13 bits per heavy atom. The Labute approximate surface area is 171 Å². The van der Waals surface area contributed by atoms with Gasteiger partial charge in [0.05, 0.1) is 10.5 Å². The van der Waals surface area contributed by atoms with Crippen molar-refractivity contribution in [1.29, 1.82) is 0 Å². The van der Waals surface area contributed by atoms with E-state index in [0.29, 0.717) is 5.56 Å². The zero-order valence-corrected chi connectivity index (χ0v) is 16.6. The van der Waals surface area contributed by atoms with Crippen LogP contribution < -0.4 is 10.0 Å². The molecular weight excluding hydrogens is 425 g/mol. The van der Waals surface area contributed by atoms with E-state index in [9.17, 15) is 31.2 Å². The summed E-state index contributed by atoms with van der Waals surface area (Å²) in [5.41, 5.74) is 0.000356. The number of aryl methyl sites for hydroxylation is 1. The summed E-state index contributed by atoms with van der Waals surface area (Å²) in [6.45, 7) is -0.584. The molecule has 0 radical (unpaired) electrons. The number of nitrogens with one attached hydrogen (secondary N) is 2. The number of ether oxygens (including phenoxy) is 1. The van der Waals surface area contributed by atoms with Crippen LogP contribution in [-0.4, -0.2) is 33.9 Å². The number of alkyl halides is 3. The fourth-order valence-electron chi connectivity index (χ4n) is 2.36. The summed E-state index contributed by atoms with van der Waals surface area (Å²) in [5, 5.41) is 2.33. The van der Waals surface area contributed by atoms with Crippen LogP contribution in [0.25, 0.3) is 0 Å². The van der Waals surface area contributed by atoms with Gasteiger partial charge in [-0.3, -0.25) is 9.59 Å². The number of halogens is 3. The molecule has 0 aliphatic heterocycles. The van der Waals surface area contributed by atoms with Crippen LogP contribution in [0.3, 0.4) is 0 Å². The van der Waals surface area contributed by atoms with Crippen LogP contribution >= 0.6 is 0 Å². The highest BCUT2D eigenvalue weighted by atomic mass is 32.2. The number of amides is 1. The Balaban J connectivity index is 1.77. The monoisotopic (exact) mass is 444 g/mol. The highest BCUT2D eigenvalue weighted by Crippen LogP contribution is 2.29. The Bertz CT molecular complexity index is 988.